The molecule has 6 heteroatoms. The van der Waals surface area contributed by atoms with Crippen LogP contribution in [0.1, 0.15) is 17.9 Å². The highest BCUT2D eigenvalue weighted by Crippen LogP contribution is 2.18. The zero-order valence-electron chi connectivity index (χ0n) is 12.3. The van der Waals surface area contributed by atoms with Crippen molar-refractivity contribution in [2.24, 2.45) is 0 Å². The molecule has 0 aliphatic heterocycles. The van der Waals surface area contributed by atoms with Gasteiger partial charge in [-0.05, 0) is 42.6 Å². The lowest BCUT2D eigenvalue weighted by Gasteiger charge is -2.11. The maximum absolute atomic E-state index is 11.7. The van der Waals surface area contributed by atoms with E-state index in [-0.39, 0.29) is 19.1 Å². The predicted octanol–water partition coefficient (Wildman–Crippen LogP) is 2.38. The van der Waals surface area contributed by atoms with Crippen LogP contribution in [-0.4, -0.2) is 30.8 Å². The third-order valence-electron chi connectivity index (χ3n) is 2.87. The second-order valence-electron chi connectivity index (χ2n) is 4.53. The first kappa shape index (κ1) is 16.3. The van der Waals surface area contributed by atoms with Crippen LogP contribution in [0.3, 0.4) is 0 Å². The molecule has 2 N–H and O–H groups in total. The summed E-state index contributed by atoms with van der Waals surface area (Å²) in [6.07, 6.45) is -0.686. The van der Waals surface area contributed by atoms with Crippen molar-refractivity contribution in [3.8, 4) is 11.5 Å². The molecular formula is C16H19NO4S. The first-order chi connectivity index (χ1) is 10.7. The summed E-state index contributed by atoms with van der Waals surface area (Å²) in [5, 5.41) is 14.4. The van der Waals surface area contributed by atoms with Gasteiger partial charge in [-0.25, -0.2) is 0 Å². The highest BCUT2D eigenvalue weighted by molar-refractivity contribution is 7.10. The number of ether oxygens (including phenoxy) is 2. The van der Waals surface area contributed by atoms with E-state index < -0.39 is 6.10 Å². The smallest absolute Gasteiger partial charge is 0.258 e. The number of rotatable bonds is 8. The summed E-state index contributed by atoms with van der Waals surface area (Å²) in [4.78, 5) is 12.5. The van der Waals surface area contributed by atoms with Crippen molar-refractivity contribution >= 4 is 17.2 Å². The fourth-order valence-corrected chi connectivity index (χ4v) is 2.50. The van der Waals surface area contributed by atoms with Crippen molar-refractivity contribution in [2.75, 3.05) is 19.8 Å². The van der Waals surface area contributed by atoms with Crippen LogP contribution in [0.25, 0.3) is 0 Å². The first-order valence-electron chi connectivity index (χ1n) is 7.03. The molecule has 0 fully saturated rings. The molecule has 118 valence electrons. The van der Waals surface area contributed by atoms with Crippen LogP contribution in [0, 0.1) is 0 Å². The topological polar surface area (TPSA) is 67.8 Å². The van der Waals surface area contributed by atoms with Crippen LogP contribution >= 0.6 is 11.3 Å². The van der Waals surface area contributed by atoms with E-state index in [1.54, 1.807) is 24.3 Å². The summed E-state index contributed by atoms with van der Waals surface area (Å²) in [5.41, 5.74) is 0. The van der Waals surface area contributed by atoms with Gasteiger partial charge in [-0.1, -0.05) is 6.07 Å². The monoisotopic (exact) mass is 321 g/mol. The molecule has 1 amide bonds. The highest BCUT2D eigenvalue weighted by atomic mass is 32.1. The normalized spacial score (nSPS) is 11.7. The Morgan fingerprint density at radius 1 is 1.23 bits per heavy atom. The van der Waals surface area contributed by atoms with E-state index in [1.165, 1.54) is 11.3 Å². The summed E-state index contributed by atoms with van der Waals surface area (Å²) in [6, 6.07) is 10.8. The van der Waals surface area contributed by atoms with Crippen LogP contribution in [0.2, 0.25) is 0 Å². The Balaban J connectivity index is 1.71. The lowest BCUT2D eigenvalue weighted by Crippen LogP contribution is -2.32. The van der Waals surface area contributed by atoms with Crippen LogP contribution in [0.5, 0.6) is 11.5 Å². The number of hydrogen-bond acceptors (Lipinski definition) is 5. The standard InChI is InChI=1S/C16H19NO4S/c1-2-20-12-5-7-13(8-6-12)21-11-16(19)17-10-14(18)15-4-3-9-22-15/h3-9,14,18H,2,10-11H2,1H3,(H,17,19). The molecule has 0 radical (unpaired) electrons. The fraction of sp³-hybridized carbons (Fsp3) is 0.312. The molecule has 22 heavy (non-hydrogen) atoms. The van der Waals surface area contributed by atoms with Gasteiger partial charge < -0.3 is 19.9 Å². The average molecular weight is 321 g/mol. The number of aliphatic hydroxyl groups excluding tert-OH is 1. The van der Waals surface area contributed by atoms with E-state index >= 15 is 0 Å². The SMILES string of the molecule is CCOc1ccc(OCC(=O)NCC(O)c2cccs2)cc1. The van der Waals surface area contributed by atoms with Gasteiger partial charge in [0.15, 0.2) is 6.61 Å². The molecule has 0 bridgehead atoms. The Labute approximate surface area is 133 Å². The van der Waals surface area contributed by atoms with Gasteiger partial charge in [0.2, 0.25) is 0 Å². The van der Waals surface area contributed by atoms with Crippen LogP contribution in [-0.2, 0) is 4.79 Å². The molecule has 2 rings (SSSR count). The van der Waals surface area contributed by atoms with Crippen molar-refractivity contribution in [2.45, 2.75) is 13.0 Å². The van der Waals surface area contributed by atoms with E-state index in [4.69, 9.17) is 9.47 Å². The van der Waals surface area contributed by atoms with Crippen molar-refractivity contribution in [3.05, 3.63) is 46.7 Å². The third-order valence-corrected chi connectivity index (χ3v) is 3.84. The summed E-state index contributed by atoms with van der Waals surface area (Å²) in [7, 11) is 0. The number of carbonyl (C=O) groups excluding carboxylic acids is 1. The summed E-state index contributed by atoms with van der Waals surface area (Å²) in [6.45, 7) is 2.60. The summed E-state index contributed by atoms with van der Waals surface area (Å²) >= 11 is 1.45. The molecule has 0 aliphatic rings. The van der Waals surface area contributed by atoms with Crippen LogP contribution < -0.4 is 14.8 Å². The van der Waals surface area contributed by atoms with Gasteiger partial charge in [0.1, 0.15) is 17.6 Å². The van der Waals surface area contributed by atoms with Crippen molar-refractivity contribution < 1.29 is 19.4 Å². The Morgan fingerprint density at radius 3 is 2.50 bits per heavy atom. The van der Waals surface area contributed by atoms with Crippen LogP contribution in [0.4, 0.5) is 0 Å². The Morgan fingerprint density at radius 2 is 1.91 bits per heavy atom. The Hall–Kier alpha value is -2.05. The van der Waals surface area contributed by atoms with Gasteiger partial charge in [0.25, 0.3) is 5.91 Å². The van der Waals surface area contributed by atoms with E-state index in [0.717, 1.165) is 10.6 Å². The quantitative estimate of drug-likeness (QED) is 0.783. The number of hydrogen-bond donors (Lipinski definition) is 2. The first-order valence-corrected chi connectivity index (χ1v) is 7.91. The van der Waals surface area contributed by atoms with Crippen molar-refractivity contribution in [1.82, 2.24) is 5.32 Å². The number of benzene rings is 1. The maximum Gasteiger partial charge on any atom is 0.258 e. The van der Waals surface area contributed by atoms with Gasteiger partial charge >= 0.3 is 0 Å². The molecule has 1 heterocycles. The van der Waals surface area contributed by atoms with Crippen molar-refractivity contribution in [3.63, 3.8) is 0 Å². The minimum absolute atomic E-state index is 0.0921. The van der Waals surface area contributed by atoms with Gasteiger partial charge in [0.05, 0.1) is 6.61 Å². The minimum Gasteiger partial charge on any atom is -0.494 e. The summed E-state index contributed by atoms with van der Waals surface area (Å²) < 4.78 is 10.7. The molecule has 0 saturated heterocycles. The van der Waals surface area contributed by atoms with Gasteiger partial charge in [-0.2, -0.15) is 0 Å². The maximum atomic E-state index is 11.7. The van der Waals surface area contributed by atoms with Crippen LogP contribution in [0.15, 0.2) is 41.8 Å². The number of amides is 1. The number of aliphatic hydroxyl groups is 1. The largest absolute Gasteiger partial charge is 0.494 e. The Bertz CT molecular complexity index is 568. The van der Waals surface area contributed by atoms with Crippen molar-refractivity contribution in [1.29, 1.82) is 0 Å². The average Bonchev–Trinajstić information content (AvgIpc) is 3.07. The zero-order valence-corrected chi connectivity index (χ0v) is 13.1. The van der Waals surface area contributed by atoms with E-state index in [1.807, 2.05) is 24.4 Å². The Kier molecular flexibility index (Phi) is 6.24. The van der Waals surface area contributed by atoms with Gasteiger partial charge in [-0.3, -0.25) is 4.79 Å². The molecule has 5 nitrogen and oxygen atoms in total. The third kappa shape index (κ3) is 5.05. The molecule has 0 saturated carbocycles. The second kappa shape index (κ2) is 8.41. The van der Waals surface area contributed by atoms with E-state index in [9.17, 15) is 9.90 Å². The molecule has 1 unspecified atom stereocenters. The molecule has 1 atom stereocenters. The minimum atomic E-state index is -0.686. The summed E-state index contributed by atoms with van der Waals surface area (Å²) in [5.74, 6) is 1.08. The molecule has 1 aromatic carbocycles. The number of carbonyl (C=O) groups is 1. The lowest BCUT2D eigenvalue weighted by atomic mass is 10.3. The van der Waals surface area contributed by atoms with Gasteiger partial charge in [-0.15, -0.1) is 11.3 Å². The molecule has 0 spiro atoms. The lowest BCUT2D eigenvalue weighted by molar-refractivity contribution is -0.123. The number of thiophene rings is 1. The molecular weight excluding hydrogens is 302 g/mol. The second-order valence-corrected chi connectivity index (χ2v) is 5.51. The molecule has 0 aliphatic carbocycles. The molecule has 1 aromatic heterocycles. The van der Waals surface area contributed by atoms with E-state index in [0.29, 0.717) is 12.4 Å². The van der Waals surface area contributed by atoms with Gasteiger partial charge in [0, 0.05) is 11.4 Å². The van der Waals surface area contributed by atoms with E-state index in [2.05, 4.69) is 5.32 Å². The number of nitrogens with one attached hydrogen (secondary N) is 1. The predicted molar refractivity (Wildman–Crippen MR) is 85.4 cm³/mol. The zero-order chi connectivity index (χ0) is 15.8. The highest BCUT2D eigenvalue weighted by Gasteiger charge is 2.10. The molecule has 2 aromatic rings. The fourth-order valence-electron chi connectivity index (χ4n) is 1.79.